The fourth-order valence-electron chi connectivity index (χ4n) is 2.66. The number of aliphatic carboxylic acids is 1. The molecule has 0 spiro atoms. The molecule has 0 atom stereocenters. The molecule has 134 valence electrons. The van der Waals surface area contributed by atoms with Crippen LogP contribution in [0.5, 0.6) is 0 Å². The summed E-state index contributed by atoms with van der Waals surface area (Å²) in [6, 6.07) is 13.8. The maximum Gasteiger partial charge on any atom is 0.257 e. The Bertz CT molecular complexity index is 1090. The SMILES string of the molecule is O=C([O-])/C(Sc1n[nH]c(-c2ccc(Cl)cc2)n1)=C1\C(=O)Nc2ccccc21. The number of para-hydroxylation sites is 1. The molecule has 3 aromatic rings. The lowest BCUT2D eigenvalue weighted by atomic mass is 10.1. The molecular formula is C18H10ClN4O3S-. The number of carbonyl (C=O) groups is 2. The van der Waals surface area contributed by atoms with Gasteiger partial charge < -0.3 is 15.2 Å². The summed E-state index contributed by atoms with van der Waals surface area (Å²) in [6.45, 7) is 0. The average molecular weight is 398 g/mol. The van der Waals surface area contributed by atoms with Crippen molar-refractivity contribution < 1.29 is 14.7 Å². The van der Waals surface area contributed by atoms with Crippen LogP contribution in [-0.2, 0) is 9.59 Å². The number of carboxylic acid groups (broad SMARTS) is 1. The summed E-state index contributed by atoms with van der Waals surface area (Å²) in [4.78, 5) is 28.0. The van der Waals surface area contributed by atoms with E-state index in [4.69, 9.17) is 11.6 Å². The number of benzene rings is 2. The number of nitrogens with zero attached hydrogens (tertiary/aromatic N) is 2. The van der Waals surface area contributed by atoms with Crippen molar-refractivity contribution in [2.45, 2.75) is 5.16 Å². The molecule has 0 radical (unpaired) electrons. The molecule has 0 saturated carbocycles. The minimum atomic E-state index is -1.47. The van der Waals surface area contributed by atoms with E-state index in [0.717, 1.165) is 17.3 Å². The van der Waals surface area contributed by atoms with Gasteiger partial charge in [-0.1, -0.05) is 29.8 Å². The molecule has 7 nitrogen and oxygen atoms in total. The molecule has 9 heteroatoms. The van der Waals surface area contributed by atoms with Gasteiger partial charge in [-0.2, -0.15) is 0 Å². The van der Waals surface area contributed by atoms with Crippen molar-refractivity contribution in [3.8, 4) is 11.4 Å². The second-order valence-electron chi connectivity index (χ2n) is 5.57. The Morgan fingerprint density at radius 1 is 1.11 bits per heavy atom. The summed E-state index contributed by atoms with van der Waals surface area (Å²) in [6.07, 6.45) is 0. The Morgan fingerprint density at radius 3 is 2.59 bits per heavy atom. The van der Waals surface area contributed by atoms with Crippen LogP contribution in [0.15, 0.2) is 58.6 Å². The van der Waals surface area contributed by atoms with Crippen molar-refractivity contribution in [1.82, 2.24) is 15.2 Å². The molecule has 1 aliphatic heterocycles. The molecule has 27 heavy (non-hydrogen) atoms. The summed E-state index contributed by atoms with van der Waals surface area (Å²) >= 11 is 6.63. The number of carbonyl (C=O) groups excluding carboxylic acids is 2. The van der Waals surface area contributed by atoms with Gasteiger partial charge >= 0.3 is 0 Å². The molecule has 4 rings (SSSR count). The Morgan fingerprint density at radius 2 is 1.85 bits per heavy atom. The number of rotatable bonds is 4. The highest BCUT2D eigenvalue weighted by Gasteiger charge is 2.28. The summed E-state index contributed by atoms with van der Waals surface area (Å²) in [5.41, 5.74) is 1.83. The lowest BCUT2D eigenvalue weighted by molar-refractivity contribution is -0.298. The predicted molar refractivity (Wildman–Crippen MR) is 99.7 cm³/mol. The fraction of sp³-hybridized carbons (Fsp3) is 0. The normalized spacial score (nSPS) is 14.6. The van der Waals surface area contributed by atoms with Crippen LogP contribution in [-0.4, -0.2) is 27.1 Å². The van der Waals surface area contributed by atoms with Gasteiger partial charge in [0, 0.05) is 21.8 Å². The van der Waals surface area contributed by atoms with Crippen molar-refractivity contribution in [2.75, 3.05) is 5.32 Å². The first kappa shape index (κ1) is 17.3. The average Bonchev–Trinajstić information content (AvgIpc) is 3.24. The zero-order valence-electron chi connectivity index (χ0n) is 13.5. The quantitative estimate of drug-likeness (QED) is 0.516. The molecular weight excluding hydrogens is 388 g/mol. The first-order valence-electron chi connectivity index (χ1n) is 7.75. The molecule has 1 amide bonds. The molecule has 1 aliphatic rings. The van der Waals surface area contributed by atoms with E-state index < -0.39 is 11.9 Å². The van der Waals surface area contributed by atoms with E-state index >= 15 is 0 Å². The van der Waals surface area contributed by atoms with Crippen LogP contribution in [0, 0.1) is 0 Å². The van der Waals surface area contributed by atoms with Crippen LogP contribution in [0.1, 0.15) is 5.56 Å². The maximum absolute atomic E-state index is 12.3. The van der Waals surface area contributed by atoms with Crippen LogP contribution < -0.4 is 10.4 Å². The van der Waals surface area contributed by atoms with Gasteiger partial charge in [0.15, 0.2) is 5.82 Å². The van der Waals surface area contributed by atoms with E-state index in [9.17, 15) is 14.7 Å². The topological polar surface area (TPSA) is 111 Å². The molecule has 0 aliphatic carbocycles. The number of fused-ring (bicyclic) bond motifs is 1. The zero-order chi connectivity index (χ0) is 19.0. The minimum absolute atomic E-state index is 0.0356. The van der Waals surface area contributed by atoms with Crippen molar-refractivity contribution in [3.05, 3.63) is 64.0 Å². The highest BCUT2D eigenvalue weighted by atomic mass is 35.5. The Kier molecular flexibility index (Phi) is 4.43. The minimum Gasteiger partial charge on any atom is -0.544 e. The van der Waals surface area contributed by atoms with E-state index in [-0.39, 0.29) is 15.6 Å². The second-order valence-corrected chi connectivity index (χ2v) is 6.98. The molecule has 0 bridgehead atoms. The van der Waals surface area contributed by atoms with Crippen molar-refractivity contribution in [2.24, 2.45) is 0 Å². The number of aromatic nitrogens is 3. The number of aromatic amines is 1. The van der Waals surface area contributed by atoms with Gasteiger partial charge in [-0.3, -0.25) is 9.89 Å². The van der Waals surface area contributed by atoms with Crippen LogP contribution >= 0.6 is 23.4 Å². The number of halogens is 1. The third-order valence-electron chi connectivity index (χ3n) is 3.86. The summed E-state index contributed by atoms with van der Waals surface area (Å²) in [5, 5.41) is 21.9. The number of H-pyrrole nitrogens is 1. The van der Waals surface area contributed by atoms with Crippen LogP contribution in [0.25, 0.3) is 17.0 Å². The van der Waals surface area contributed by atoms with E-state index in [2.05, 4.69) is 20.5 Å². The van der Waals surface area contributed by atoms with Gasteiger partial charge in [0.1, 0.15) is 0 Å². The van der Waals surface area contributed by atoms with E-state index in [0.29, 0.717) is 22.1 Å². The number of anilines is 1. The van der Waals surface area contributed by atoms with E-state index in [1.165, 1.54) is 0 Å². The van der Waals surface area contributed by atoms with Gasteiger partial charge in [-0.25, -0.2) is 4.98 Å². The van der Waals surface area contributed by atoms with E-state index in [1.54, 1.807) is 48.5 Å². The monoisotopic (exact) mass is 397 g/mol. The Balaban J connectivity index is 1.71. The highest BCUT2D eigenvalue weighted by Crippen LogP contribution is 2.38. The van der Waals surface area contributed by atoms with Gasteiger partial charge in [-0.05, 0) is 42.1 Å². The standard InChI is InChI=1S/C18H11ClN4O3S/c19-10-7-5-9(6-8-10)15-21-18(23-22-15)27-14(17(25)26)13-11-3-1-2-4-12(11)20-16(13)24/h1-8H,(H,20,24)(H,25,26)(H,21,22,23)/p-1/b14-13+. The number of amides is 1. The third kappa shape index (κ3) is 3.32. The largest absolute Gasteiger partial charge is 0.544 e. The highest BCUT2D eigenvalue weighted by molar-refractivity contribution is 8.04. The van der Waals surface area contributed by atoms with Crippen LogP contribution in [0.4, 0.5) is 5.69 Å². The number of hydrogen-bond donors (Lipinski definition) is 2. The van der Waals surface area contributed by atoms with Crippen LogP contribution in [0.3, 0.4) is 0 Å². The van der Waals surface area contributed by atoms with Gasteiger partial charge in [0.25, 0.3) is 5.91 Å². The number of nitrogens with one attached hydrogen (secondary N) is 2. The Labute approximate surface area is 162 Å². The first-order valence-corrected chi connectivity index (χ1v) is 8.95. The fourth-order valence-corrected chi connectivity index (χ4v) is 3.58. The predicted octanol–water partition coefficient (Wildman–Crippen LogP) is 2.33. The smallest absolute Gasteiger partial charge is 0.257 e. The van der Waals surface area contributed by atoms with Gasteiger partial charge in [0.05, 0.1) is 16.4 Å². The van der Waals surface area contributed by atoms with Crippen molar-refractivity contribution in [1.29, 1.82) is 0 Å². The number of thioether (sulfide) groups is 1. The zero-order valence-corrected chi connectivity index (χ0v) is 15.1. The summed E-state index contributed by atoms with van der Waals surface area (Å²) < 4.78 is 0. The molecule has 0 saturated heterocycles. The molecule has 2 heterocycles. The van der Waals surface area contributed by atoms with Crippen molar-refractivity contribution >= 4 is 46.5 Å². The Hall–Kier alpha value is -3.10. The molecule has 0 fully saturated rings. The molecule has 1 aromatic heterocycles. The number of carboxylic acids is 1. The van der Waals surface area contributed by atoms with Crippen LogP contribution in [0.2, 0.25) is 5.02 Å². The van der Waals surface area contributed by atoms with Gasteiger partial charge in [0.2, 0.25) is 5.16 Å². The maximum atomic E-state index is 12.3. The van der Waals surface area contributed by atoms with Gasteiger partial charge in [-0.15, -0.1) is 5.10 Å². The molecule has 0 unspecified atom stereocenters. The van der Waals surface area contributed by atoms with Crippen molar-refractivity contribution in [3.63, 3.8) is 0 Å². The summed E-state index contributed by atoms with van der Waals surface area (Å²) in [5.74, 6) is -1.52. The third-order valence-corrected chi connectivity index (χ3v) is 5.05. The van der Waals surface area contributed by atoms with E-state index in [1.807, 2.05) is 0 Å². The first-order chi connectivity index (χ1) is 13.0. The molecule has 2 aromatic carbocycles. The number of hydrogen-bond acceptors (Lipinski definition) is 6. The lowest BCUT2D eigenvalue weighted by Gasteiger charge is -2.09. The second kappa shape index (κ2) is 6.90. The molecule has 2 N–H and O–H groups in total. The summed E-state index contributed by atoms with van der Waals surface area (Å²) in [7, 11) is 0. The lowest BCUT2D eigenvalue weighted by Crippen LogP contribution is -2.25.